The Bertz CT molecular complexity index is 1360. The summed E-state index contributed by atoms with van der Waals surface area (Å²) in [5, 5.41) is 12.5. The molecule has 10 heteroatoms. The molecule has 0 unspecified atom stereocenters. The number of halogens is 3. The van der Waals surface area contributed by atoms with Crippen molar-refractivity contribution in [3.8, 4) is 22.9 Å². The maximum atomic E-state index is 12.7. The Morgan fingerprint density at radius 1 is 0.857 bits per heavy atom. The van der Waals surface area contributed by atoms with Crippen molar-refractivity contribution < 1.29 is 27.2 Å². The average Bonchev–Trinajstić information content (AvgIpc) is 3.33. The number of hydrogen-bond donors (Lipinski definition) is 2. The molecular formula is C25H19F3N4O3. The van der Waals surface area contributed by atoms with Gasteiger partial charge in [-0.25, -0.2) is 0 Å². The molecule has 7 nitrogen and oxygen atoms in total. The number of aryl methyl sites for hydroxylation is 1. The molecule has 178 valence electrons. The summed E-state index contributed by atoms with van der Waals surface area (Å²) < 4.78 is 43.0. The molecule has 0 aliphatic rings. The van der Waals surface area contributed by atoms with Gasteiger partial charge >= 0.3 is 6.18 Å². The highest BCUT2D eigenvalue weighted by Crippen LogP contribution is 2.25. The van der Waals surface area contributed by atoms with Gasteiger partial charge in [-0.05, 0) is 55.5 Å². The molecule has 0 bridgehead atoms. The molecule has 35 heavy (non-hydrogen) atoms. The number of hydrogen-bond acceptors (Lipinski definition) is 5. The molecule has 4 rings (SSSR count). The van der Waals surface area contributed by atoms with Gasteiger partial charge in [-0.2, -0.15) is 13.2 Å². The van der Waals surface area contributed by atoms with Crippen LogP contribution < -0.4 is 10.6 Å². The van der Waals surface area contributed by atoms with Gasteiger partial charge in [0.05, 0.1) is 11.3 Å². The highest BCUT2D eigenvalue weighted by atomic mass is 19.4. The second-order valence-corrected chi connectivity index (χ2v) is 7.66. The fraction of sp³-hybridized carbons (Fsp3) is 0.120. The van der Waals surface area contributed by atoms with Crippen molar-refractivity contribution in [2.24, 2.45) is 0 Å². The van der Waals surface area contributed by atoms with Gasteiger partial charge in [-0.1, -0.05) is 29.8 Å². The molecule has 0 aliphatic heterocycles. The summed E-state index contributed by atoms with van der Waals surface area (Å²) in [6, 6.07) is 19.8. The van der Waals surface area contributed by atoms with E-state index in [-0.39, 0.29) is 22.7 Å². The summed E-state index contributed by atoms with van der Waals surface area (Å²) in [4.78, 5) is 24.9. The Hall–Kier alpha value is -4.47. The maximum absolute atomic E-state index is 12.7. The van der Waals surface area contributed by atoms with Crippen LogP contribution in [0.2, 0.25) is 0 Å². The Morgan fingerprint density at radius 3 is 2.23 bits per heavy atom. The van der Waals surface area contributed by atoms with Crippen LogP contribution in [0.5, 0.6) is 0 Å². The van der Waals surface area contributed by atoms with E-state index in [2.05, 4.69) is 15.5 Å². The molecule has 3 aromatic carbocycles. The molecule has 0 saturated heterocycles. The second-order valence-electron chi connectivity index (χ2n) is 7.66. The van der Waals surface area contributed by atoms with Crippen molar-refractivity contribution in [2.75, 3.05) is 11.9 Å². The van der Waals surface area contributed by atoms with Crippen LogP contribution in [0.1, 0.15) is 26.3 Å². The van der Waals surface area contributed by atoms with Gasteiger partial charge in [0.2, 0.25) is 11.8 Å². The smallest absolute Gasteiger partial charge is 0.405 e. The Kier molecular flexibility index (Phi) is 6.63. The zero-order valence-electron chi connectivity index (χ0n) is 18.4. The average molecular weight is 480 g/mol. The third kappa shape index (κ3) is 5.91. The SMILES string of the molecule is Cc1cccc(-c2nnc(-c3ccc(C(=O)Nc4ccccc4C(=O)NCC(F)(F)F)cc3)o2)c1. The number of anilines is 1. The summed E-state index contributed by atoms with van der Waals surface area (Å²) in [5.74, 6) is -0.848. The van der Waals surface area contributed by atoms with Crippen molar-refractivity contribution in [3.63, 3.8) is 0 Å². The number of nitrogens with one attached hydrogen (secondary N) is 2. The highest BCUT2D eigenvalue weighted by Gasteiger charge is 2.28. The van der Waals surface area contributed by atoms with E-state index in [1.165, 1.54) is 30.3 Å². The van der Waals surface area contributed by atoms with Crippen LogP contribution in [0, 0.1) is 6.92 Å². The number of carbonyl (C=O) groups is 2. The van der Waals surface area contributed by atoms with Crippen LogP contribution >= 0.6 is 0 Å². The lowest BCUT2D eigenvalue weighted by molar-refractivity contribution is -0.123. The van der Waals surface area contributed by atoms with Gasteiger partial charge < -0.3 is 15.1 Å². The topological polar surface area (TPSA) is 97.1 Å². The quantitative estimate of drug-likeness (QED) is 0.393. The summed E-state index contributed by atoms with van der Waals surface area (Å²) in [7, 11) is 0. The fourth-order valence-electron chi connectivity index (χ4n) is 3.26. The normalized spacial score (nSPS) is 11.2. The van der Waals surface area contributed by atoms with Crippen LogP contribution in [0.25, 0.3) is 22.9 Å². The third-order valence-electron chi connectivity index (χ3n) is 4.95. The van der Waals surface area contributed by atoms with Gasteiger partial charge in [0.25, 0.3) is 11.8 Å². The molecule has 0 spiro atoms. The van der Waals surface area contributed by atoms with E-state index < -0.39 is 24.5 Å². The van der Waals surface area contributed by atoms with Crippen LogP contribution in [-0.2, 0) is 0 Å². The van der Waals surface area contributed by atoms with Gasteiger partial charge in [0.1, 0.15) is 6.54 Å². The summed E-state index contributed by atoms with van der Waals surface area (Å²) in [6.45, 7) is 0.481. The zero-order chi connectivity index (χ0) is 25.0. The van der Waals surface area contributed by atoms with Crippen molar-refractivity contribution in [2.45, 2.75) is 13.1 Å². The first-order valence-electron chi connectivity index (χ1n) is 10.5. The molecule has 0 saturated carbocycles. The minimum Gasteiger partial charge on any atom is -0.416 e. The van der Waals surface area contributed by atoms with Gasteiger partial charge in [0.15, 0.2) is 0 Å². The van der Waals surface area contributed by atoms with Crippen molar-refractivity contribution >= 4 is 17.5 Å². The molecule has 0 fully saturated rings. The number of alkyl halides is 3. The number of para-hydroxylation sites is 1. The summed E-state index contributed by atoms with van der Waals surface area (Å²) in [5.41, 5.74) is 2.70. The van der Waals surface area contributed by atoms with E-state index in [0.29, 0.717) is 11.5 Å². The van der Waals surface area contributed by atoms with Crippen LogP contribution in [0.15, 0.2) is 77.2 Å². The lowest BCUT2D eigenvalue weighted by Gasteiger charge is -2.12. The summed E-state index contributed by atoms with van der Waals surface area (Å²) >= 11 is 0. The van der Waals surface area contributed by atoms with Crippen molar-refractivity contribution in [1.29, 1.82) is 0 Å². The minimum atomic E-state index is -4.55. The van der Waals surface area contributed by atoms with E-state index in [9.17, 15) is 22.8 Å². The first-order chi connectivity index (χ1) is 16.7. The molecule has 2 N–H and O–H groups in total. The number of nitrogens with zero attached hydrogens (tertiary/aromatic N) is 2. The number of benzene rings is 3. The molecule has 2 amide bonds. The number of aromatic nitrogens is 2. The first-order valence-corrected chi connectivity index (χ1v) is 10.5. The van der Waals surface area contributed by atoms with Crippen LogP contribution in [0.4, 0.5) is 18.9 Å². The van der Waals surface area contributed by atoms with E-state index in [4.69, 9.17) is 4.42 Å². The first kappa shape index (κ1) is 23.7. The predicted molar refractivity (Wildman–Crippen MR) is 123 cm³/mol. The maximum Gasteiger partial charge on any atom is 0.405 e. The lowest BCUT2D eigenvalue weighted by Crippen LogP contribution is -2.34. The molecule has 1 heterocycles. The molecule has 4 aromatic rings. The molecule has 0 aliphatic carbocycles. The predicted octanol–water partition coefficient (Wildman–Crippen LogP) is 5.26. The minimum absolute atomic E-state index is 0.0842. The molecule has 0 radical (unpaired) electrons. The van der Waals surface area contributed by atoms with Gasteiger partial charge in [0, 0.05) is 16.7 Å². The highest BCUT2D eigenvalue weighted by molar-refractivity contribution is 6.09. The zero-order valence-corrected chi connectivity index (χ0v) is 18.4. The van der Waals surface area contributed by atoms with Gasteiger partial charge in [-0.3, -0.25) is 9.59 Å². The Labute approximate surface area is 198 Å². The fourth-order valence-corrected chi connectivity index (χ4v) is 3.26. The van der Waals surface area contributed by atoms with Crippen molar-refractivity contribution in [3.05, 3.63) is 89.5 Å². The number of rotatable bonds is 6. The Balaban J connectivity index is 1.47. The van der Waals surface area contributed by atoms with Crippen molar-refractivity contribution in [1.82, 2.24) is 15.5 Å². The largest absolute Gasteiger partial charge is 0.416 e. The van der Waals surface area contributed by atoms with E-state index in [0.717, 1.165) is 11.1 Å². The van der Waals surface area contributed by atoms with E-state index in [1.54, 1.807) is 23.5 Å². The lowest BCUT2D eigenvalue weighted by atomic mass is 10.1. The molecular weight excluding hydrogens is 461 g/mol. The van der Waals surface area contributed by atoms with Crippen LogP contribution in [-0.4, -0.2) is 34.7 Å². The molecule has 0 atom stereocenters. The van der Waals surface area contributed by atoms with E-state index in [1.807, 2.05) is 31.2 Å². The number of amides is 2. The second kappa shape index (κ2) is 9.80. The third-order valence-corrected chi connectivity index (χ3v) is 4.95. The monoisotopic (exact) mass is 480 g/mol. The van der Waals surface area contributed by atoms with E-state index >= 15 is 0 Å². The Morgan fingerprint density at radius 2 is 1.54 bits per heavy atom. The standard InChI is InChI=1S/C25H19F3N4O3/c1-15-5-4-6-18(13-15)24-32-31-23(35-24)17-11-9-16(10-12-17)21(33)30-20-8-3-2-7-19(20)22(34)29-14-25(26,27)28/h2-13H,14H2,1H3,(H,29,34)(H,30,33). The molecule has 1 aromatic heterocycles. The van der Waals surface area contributed by atoms with Crippen LogP contribution in [0.3, 0.4) is 0 Å². The summed E-state index contributed by atoms with van der Waals surface area (Å²) in [6.07, 6.45) is -4.55. The van der Waals surface area contributed by atoms with Gasteiger partial charge in [-0.15, -0.1) is 10.2 Å². The number of carbonyl (C=O) groups excluding carboxylic acids is 2.